The molecule has 0 radical (unpaired) electrons. The molecule has 0 saturated carbocycles. The molecule has 102 valence electrons. The van der Waals surface area contributed by atoms with E-state index in [1.807, 2.05) is 0 Å². The Labute approximate surface area is 113 Å². The third kappa shape index (κ3) is 4.86. The van der Waals surface area contributed by atoms with E-state index in [0.29, 0.717) is 23.3 Å². The second kappa shape index (κ2) is 6.99. The van der Waals surface area contributed by atoms with Gasteiger partial charge in [0.2, 0.25) is 0 Å². The third-order valence-corrected chi connectivity index (χ3v) is 3.04. The van der Waals surface area contributed by atoms with Crippen LogP contribution < -0.4 is 5.32 Å². The summed E-state index contributed by atoms with van der Waals surface area (Å²) in [5.41, 5.74) is 0.0136. The second-order valence-corrected chi connectivity index (χ2v) is 4.67. The predicted octanol–water partition coefficient (Wildman–Crippen LogP) is 4.31. The van der Waals surface area contributed by atoms with Gasteiger partial charge < -0.3 is 10.1 Å². The van der Waals surface area contributed by atoms with E-state index in [2.05, 4.69) is 21.2 Å². The summed E-state index contributed by atoms with van der Waals surface area (Å²) in [4.78, 5) is 0. The summed E-state index contributed by atoms with van der Waals surface area (Å²) in [5, 5.41) is 3.08. The Morgan fingerprint density at radius 3 is 2.56 bits per heavy atom. The predicted molar refractivity (Wildman–Crippen MR) is 68.7 cm³/mol. The van der Waals surface area contributed by atoms with Crippen molar-refractivity contribution in [2.75, 3.05) is 25.6 Å². The van der Waals surface area contributed by atoms with E-state index in [4.69, 9.17) is 4.74 Å². The lowest BCUT2D eigenvalue weighted by atomic mass is 10.2. The number of unbranched alkanes of at least 4 members (excludes halogenated alkanes) is 1. The minimum atomic E-state index is -4.31. The molecular formula is C12H15BrF3NO. The van der Waals surface area contributed by atoms with Crippen LogP contribution in [-0.4, -0.2) is 20.3 Å². The van der Waals surface area contributed by atoms with Gasteiger partial charge in [-0.15, -0.1) is 0 Å². The highest BCUT2D eigenvalue weighted by atomic mass is 79.9. The van der Waals surface area contributed by atoms with Crippen LogP contribution in [0.3, 0.4) is 0 Å². The minimum Gasteiger partial charge on any atom is -0.385 e. The zero-order valence-corrected chi connectivity index (χ0v) is 11.6. The Morgan fingerprint density at radius 1 is 1.28 bits per heavy atom. The van der Waals surface area contributed by atoms with Gasteiger partial charge in [-0.3, -0.25) is 0 Å². The lowest BCUT2D eigenvalue weighted by Gasteiger charge is -2.11. The van der Waals surface area contributed by atoms with Crippen molar-refractivity contribution in [3.8, 4) is 0 Å². The summed E-state index contributed by atoms with van der Waals surface area (Å²) >= 11 is 3.14. The Morgan fingerprint density at radius 2 is 2.00 bits per heavy atom. The van der Waals surface area contributed by atoms with E-state index in [1.54, 1.807) is 7.11 Å². The van der Waals surface area contributed by atoms with Gasteiger partial charge in [0, 0.05) is 30.4 Å². The van der Waals surface area contributed by atoms with Crippen LogP contribution in [0, 0.1) is 0 Å². The Bertz CT molecular complexity index is 382. The van der Waals surface area contributed by atoms with Gasteiger partial charge in [0.25, 0.3) is 0 Å². The van der Waals surface area contributed by atoms with E-state index in [9.17, 15) is 13.2 Å². The minimum absolute atomic E-state index is 0.420. The summed E-state index contributed by atoms with van der Waals surface area (Å²) in [6.07, 6.45) is -2.48. The summed E-state index contributed by atoms with van der Waals surface area (Å²) in [6.45, 7) is 1.39. The van der Waals surface area contributed by atoms with Gasteiger partial charge in [0.15, 0.2) is 0 Å². The molecule has 0 atom stereocenters. The number of methoxy groups -OCH3 is 1. The number of benzene rings is 1. The van der Waals surface area contributed by atoms with Crippen molar-refractivity contribution in [2.24, 2.45) is 0 Å². The van der Waals surface area contributed by atoms with Gasteiger partial charge in [-0.25, -0.2) is 0 Å². The number of hydrogen-bond donors (Lipinski definition) is 1. The molecule has 0 aliphatic rings. The highest BCUT2D eigenvalue weighted by Gasteiger charge is 2.30. The van der Waals surface area contributed by atoms with Crippen molar-refractivity contribution in [2.45, 2.75) is 19.0 Å². The molecule has 1 rings (SSSR count). The molecular weight excluding hydrogens is 311 g/mol. The standard InChI is InChI=1S/C12H15BrF3NO/c1-18-7-3-2-6-17-11-5-4-9(8-10(11)13)12(14,15)16/h4-5,8,17H,2-3,6-7H2,1H3. The molecule has 0 bridgehead atoms. The first kappa shape index (κ1) is 15.3. The van der Waals surface area contributed by atoms with Crippen molar-refractivity contribution in [1.29, 1.82) is 0 Å². The average Bonchev–Trinajstić information content (AvgIpc) is 2.29. The van der Waals surface area contributed by atoms with Crippen LogP contribution in [-0.2, 0) is 10.9 Å². The largest absolute Gasteiger partial charge is 0.416 e. The van der Waals surface area contributed by atoms with Crippen LogP contribution in [0.15, 0.2) is 22.7 Å². The molecule has 0 aliphatic heterocycles. The average molecular weight is 326 g/mol. The molecule has 1 N–H and O–H groups in total. The normalized spacial score (nSPS) is 11.6. The first-order valence-electron chi connectivity index (χ1n) is 5.54. The van der Waals surface area contributed by atoms with Crippen molar-refractivity contribution in [3.63, 3.8) is 0 Å². The first-order chi connectivity index (χ1) is 8.45. The molecule has 0 aliphatic carbocycles. The van der Waals surface area contributed by atoms with Gasteiger partial charge in [-0.2, -0.15) is 13.2 Å². The molecule has 0 saturated heterocycles. The van der Waals surface area contributed by atoms with E-state index in [1.165, 1.54) is 6.07 Å². The summed E-state index contributed by atoms with van der Waals surface area (Å²) < 4.78 is 42.6. The molecule has 6 heteroatoms. The zero-order valence-electron chi connectivity index (χ0n) is 9.98. The molecule has 0 fully saturated rings. The number of ether oxygens (including phenoxy) is 1. The highest BCUT2D eigenvalue weighted by molar-refractivity contribution is 9.10. The zero-order chi connectivity index (χ0) is 13.6. The molecule has 0 heterocycles. The fourth-order valence-electron chi connectivity index (χ4n) is 1.43. The van der Waals surface area contributed by atoms with Crippen LogP contribution >= 0.6 is 15.9 Å². The monoisotopic (exact) mass is 325 g/mol. The molecule has 0 amide bonds. The van der Waals surface area contributed by atoms with Gasteiger partial charge >= 0.3 is 6.18 Å². The molecule has 2 nitrogen and oxygen atoms in total. The number of rotatable bonds is 6. The Kier molecular flexibility index (Phi) is 5.95. The van der Waals surface area contributed by atoms with Crippen molar-refractivity contribution in [3.05, 3.63) is 28.2 Å². The van der Waals surface area contributed by atoms with Crippen LogP contribution in [0.25, 0.3) is 0 Å². The summed E-state index contributed by atoms with van der Waals surface area (Å²) in [5.74, 6) is 0. The van der Waals surface area contributed by atoms with E-state index in [-0.39, 0.29) is 0 Å². The first-order valence-corrected chi connectivity index (χ1v) is 6.34. The SMILES string of the molecule is COCCCCNc1ccc(C(F)(F)F)cc1Br. The fraction of sp³-hybridized carbons (Fsp3) is 0.500. The number of alkyl halides is 3. The highest BCUT2D eigenvalue weighted by Crippen LogP contribution is 2.33. The van der Waals surface area contributed by atoms with Gasteiger partial charge in [0.05, 0.1) is 5.56 Å². The smallest absolute Gasteiger partial charge is 0.385 e. The van der Waals surface area contributed by atoms with Crippen molar-refractivity contribution in [1.82, 2.24) is 0 Å². The van der Waals surface area contributed by atoms with Gasteiger partial charge in [-0.05, 0) is 47.0 Å². The summed E-state index contributed by atoms with van der Waals surface area (Å²) in [6, 6.07) is 3.59. The molecule has 0 spiro atoms. The van der Waals surface area contributed by atoms with E-state index < -0.39 is 11.7 Å². The van der Waals surface area contributed by atoms with Crippen LogP contribution in [0.2, 0.25) is 0 Å². The Balaban J connectivity index is 2.53. The van der Waals surface area contributed by atoms with E-state index >= 15 is 0 Å². The van der Waals surface area contributed by atoms with E-state index in [0.717, 1.165) is 25.0 Å². The van der Waals surface area contributed by atoms with Gasteiger partial charge in [0.1, 0.15) is 0 Å². The van der Waals surface area contributed by atoms with Crippen LogP contribution in [0.5, 0.6) is 0 Å². The maximum Gasteiger partial charge on any atom is 0.416 e. The number of hydrogen-bond acceptors (Lipinski definition) is 2. The molecule has 1 aromatic rings. The fourth-order valence-corrected chi connectivity index (χ4v) is 1.95. The lowest BCUT2D eigenvalue weighted by Crippen LogP contribution is -2.07. The molecule has 1 aromatic carbocycles. The lowest BCUT2D eigenvalue weighted by molar-refractivity contribution is -0.137. The van der Waals surface area contributed by atoms with Crippen molar-refractivity contribution >= 4 is 21.6 Å². The van der Waals surface area contributed by atoms with Crippen LogP contribution in [0.4, 0.5) is 18.9 Å². The molecule has 18 heavy (non-hydrogen) atoms. The topological polar surface area (TPSA) is 21.3 Å². The second-order valence-electron chi connectivity index (χ2n) is 3.82. The third-order valence-electron chi connectivity index (χ3n) is 2.39. The van der Waals surface area contributed by atoms with Gasteiger partial charge in [-0.1, -0.05) is 0 Å². The quantitative estimate of drug-likeness (QED) is 0.787. The van der Waals surface area contributed by atoms with Crippen molar-refractivity contribution < 1.29 is 17.9 Å². The number of halogens is 4. The van der Waals surface area contributed by atoms with Crippen LogP contribution in [0.1, 0.15) is 18.4 Å². The maximum absolute atomic E-state index is 12.4. The molecule has 0 unspecified atom stereocenters. The number of nitrogens with one attached hydrogen (secondary N) is 1. The molecule has 0 aromatic heterocycles. The maximum atomic E-state index is 12.4. The Hall–Kier alpha value is -0.750. The summed E-state index contributed by atoms with van der Waals surface area (Å²) in [7, 11) is 1.64. The number of anilines is 1.